The monoisotopic (exact) mass is 1650 g/mol. The Bertz CT molecular complexity index is 2490. The molecule has 3 amide bonds. The SMILES string of the molecule is [CH2-]P(=O)(O)OC[C@@H]1C[C@@H](C)CN1C(=O)CCCCCCCCCCCNC(COCCC(=O)CCCCCC(=O)CCCCOC1OC(CO)C(O)C(O)C1C)(COCCC(=O)CCCCCC(=O)CCCCOC1OC(CO)C(O)C(O)C1C)COCCC(=O)NCCCNC(=O)CCCCOC1OC(CO)C(O)C(O)C1C. The van der Waals surface area contributed by atoms with Gasteiger partial charge in [0.05, 0.1) is 96.0 Å². The van der Waals surface area contributed by atoms with Crippen molar-refractivity contribution in [2.24, 2.45) is 23.7 Å². The Kier molecular flexibility index (Phi) is 53.4. The van der Waals surface area contributed by atoms with Gasteiger partial charge >= 0.3 is 0 Å². The molecule has 4 rings (SSSR count). The normalized spacial score (nSPS) is 26.9. The number of Topliss-reactive ketones (excluding diaryl/α,β-unsaturated/α-hetero) is 4. The van der Waals surface area contributed by atoms with Crippen LogP contribution in [0.1, 0.15) is 246 Å². The summed E-state index contributed by atoms with van der Waals surface area (Å²) < 4.78 is 69.7. The number of rotatable bonds is 68. The maximum atomic E-state index is 13.2. The molecule has 32 nitrogen and oxygen atoms in total. The number of aliphatic hydroxyl groups excluding tert-OH is 9. The number of carbonyl (C=O) groups excluding carboxylic acids is 7. The van der Waals surface area contributed by atoms with E-state index in [1.165, 1.54) is 0 Å². The molecule has 0 bridgehead atoms. The second kappa shape index (κ2) is 59.2. The van der Waals surface area contributed by atoms with Crippen LogP contribution in [0.4, 0.5) is 0 Å². The zero-order valence-electron chi connectivity index (χ0n) is 68.8. The van der Waals surface area contributed by atoms with Crippen LogP contribution in [0, 0.1) is 30.3 Å². The lowest BCUT2D eigenvalue weighted by Crippen LogP contribution is -2.57. The summed E-state index contributed by atoms with van der Waals surface area (Å²) in [7, 11) is -3.90. The fraction of sp³-hybridized carbons (Fsp3) is 0.901. The average molecular weight is 1660 g/mol. The molecule has 33 heteroatoms. The number of hydrogen-bond acceptors (Lipinski definition) is 28. The van der Waals surface area contributed by atoms with E-state index in [1.807, 2.05) is 0 Å². The number of ether oxygens (including phenoxy) is 9. The Morgan fingerprint density at radius 1 is 0.421 bits per heavy atom. The number of nitrogens with one attached hydrogen (secondary N) is 3. The predicted molar refractivity (Wildman–Crippen MR) is 421 cm³/mol. The predicted octanol–water partition coefficient (Wildman–Crippen LogP) is 5.25. The number of amides is 3. The standard InChI is InChI=1S/C81H146N4O28P/c1-57-48-61(53-110-114(5,102)103)85(49-57)71(95)35-19-11-9-7-6-8-10-12-23-41-84-81(54-104-45-36-64(91)30-17-13-15-28-62(89)32-20-24-42-107-78-58(2)72(96)75(99)66(50-86)111-78,55-105-46-37-65(92)31-18-14-16-29-63(90)33-21-25-43-108-79-59(3)73(97)76(100)67(51-87)112-79)56-106-47-38-70(94)83-40-27-39-82-69(93)34-22-26-44-109-80-60(4)74(98)77(101)68(52-88)113-80/h57-61,66-68,72-80,84,86-88,96-101H,5-56H2,1-4H3,(H,82,93)(H,83,94)(H,102,103)/q-1/t57-,58?,59?,60?,61+,66?,67?,68?,72?,73?,74?,75?,76?,77?,78?,79?,80?,81?/m1/s1. The lowest BCUT2D eigenvalue weighted by molar-refractivity contribution is -0.282. The van der Waals surface area contributed by atoms with E-state index >= 15 is 0 Å². The quantitative estimate of drug-likeness (QED) is 0.0210. The van der Waals surface area contributed by atoms with Gasteiger partial charge in [-0.2, -0.15) is 0 Å². The molecule has 4 aliphatic heterocycles. The highest BCUT2D eigenvalue weighted by atomic mass is 31.2. The third-order valence-electron chi connectivity index (χ3n) is 21.9. The van der Waals surface area contributed by atoms with Gasteiger partial charge in [-0.1, -0.05) is 85.5 Å². The molecule has 13 N–H and O–H groups in total. The smallest absolute Gasteiger partial charge is 0.222 e. The van der Waals surface area contributed by atoms with Gasteiger partial charge < -0.3 is 119 Å². The van der Waals surface area contributed by atoms with E-state index in [-0.39, 0.29) is 145 Å². The number of aliphatic hydroxyl groups is 9. The lowest BCUT2D eigenvalue weighted by atomic mass is 9.92. The van der Waals surface area contributed by atoms with E-state index in [2.05, 4.69) is 29.5 Å². The minimum absolute atomic E-state index is 0.00903. The van der Waals surface area contributed by atoms with Crippen molar-refractivity contribution in [2.45, 2.75) is 331 Å². The second-order valence-corrected chi connectivity index (χ2v) is 33.6. The topological polar surface area (TPSA) is 470 Å². The van der Waals surface area contributed by atoms with E-state index in [4.69, 9.17) is 47.2 Å². The molecule has 0 spiro atoms. The first-order chi connectivity index (χ1) is 54.6. The summed E-state index contributed by atoms with van der Waals surface area (Å²) in [6.07, 6.45) is 7.92. The van der Waals surface area contributed by atoms with Crippen LogP contribution in [-0.4, -0.2) is 294 Å². The second-order valence-electron chi connectivity index (χ2n) is 32.0. The van der Waals surface area contributed by atoms with Crippen LogP contribution >= 0.6 is 7.60 Å². The fourth-order valence-corrected chi connectivity index (χ4v) is 14.9. The van der Waals surface area contributed by atoms with Gasteiger partial charge in [0.1, 0.15) is 59.8 Å². The van der Waals surface area contributed by atoms with Crippen molar-refractivity contribution in [3.8, 4) is 0 Å². The van der Waals surface area contributed by atoms with Crippen molar-refractivity contribution in [3.63, 3.8) is 0 Å². The average Bonchev–Trinajstić information content (AvgIpc) is 1.14. The molecular formula is C81H146N4O28P-. The number of hydrogen-bond donors (Lipinski definition) is 13. The highest BCUT2D eigenvalue weighted by Crippen LogP contribution is 2.41. The number of likely N-dealkylation sites (tertiary alicyclic amines) is 1. The van der Waals surface area contributed by atoms with Crippen molar-refractivity contribution in [1.29, 1.82) is 0 Å². The molecule has 16 unspecified atom stereocenters. The molecular weight excluding hydrogens is 1510 g/mol. The van der Waals surface area contributed by atoms with Gasteiger partial charge in [0.25, 0.3) is 0 Å². The molecule has 0 radical (unpaired) electrons. The van der Waals surface area contributed by atoms with Crippen LogP contribution in [0.25, 0.3) is 0 Å². The van der Waals surface area contributed by atoms with Gasteiger partial charge in [0.15, 0.2) is 26.5 Å². The van der Waals surface area contributed by atoms with Crippen LogP contribution < -0.4 is 16.0 Å². The molecule has 0 aromatic heterocycles. The Morgan fingerprint density at radius 3 is 1.15 bits per heavy atom. The molecule has 4 aliphatic rings. The zero-order chi connectivity index (χ0) is 83.7. The van der Waals surface area contributed by atoms with Gasteiger partial charge in [0.2, 0.25) is 17.7 Å². The van der Waals surface area contributed by atoms with Gasteiger partial charge in [-0.05, 0) is 102 Å². The first-order valence-corrected chi connectivity index (χ1v) is 44.3. The van der Waals surface area contributed by atoms with Crippen molar-refractivity contribution < 1.29 is 136 Å². The summed E-state index contributed by atoms with van der Waals surface area (Å²) >= 11 is 0. The van der Waals surface area contributed by atoms with E-state index in [9.17, 15) is 89.0 Å². The largest absolute Gasteiger partial charge is 0.394 e. The van der Waals surface area contributed by atoms with Gasteiger partial charge in [-0.3, -0.25) is 38.1 Å². The molecule has 0 aromatic carbocycles. The fourth-order valence-electron chi connectivity index (χ4n) is 14.5. The molecule has 114 heavy (non-hydrogen) atoms. The van der Waals surface area contributed by atoms with E-state index in [0.717, 1.165) is 57.8 Å². The Balaban J connectivity index is 1.26. The summed E-state index contributed by atoms with van der Waals surface area (Å²) in [5.41, 5.74) is -0.965. The number of nitrogens with zero attached hydrogens (tertiary/aromatic N) is 1. The Hall–Kier alpha value is -3.52. The number of carbonyl (C=O) groups is 7. The van der Waals surface area contributed by atoms with Crippen LogP contribution in [0.5, 0.6) is 0 Å². The molecule has 4 saturated heterocycles. The molecule has 664 valence electrons. The Morgan fingerprint density at radius 2 is 0.754 bits per heavy atom. The van der Waals surface area contributed by atoms with Gasteiger partial charge in [-0.25, -0.2) is 6.66 Å². The van der Waals surface area contributed by atoms with Crippen molar-refractivity contribution in [1.82, 2.24) is 20.9 Å². The minimum Gasteiger partial charge on any atom is -0.394 e. The summed E-state index contributed by atoms with van der Waals surface area (Å²) in [6, 6.07) is -0.237. The Labute approximate surface area is 676 Å². The van der Waals surface area contributed by atoms with Crippen molar-refractivity contribution in [2.75, 3.05) is 112 Å². The highest BCUT2D eigenvalue weighted by molar-refractivity contribution is 7.54. The van der Waals surface area contributed by atoms with E-state index in [0.29, 0.717) is 161 Å². The third-order valence-corrected chi connectivity index (χ3v) is 22.4. The molecule has 0 aliphatic carbocycles. The summed E-state index contributed by atoms with van der Waals surface area (Å²) in [5.74, 6) is -1.38. The summed E-state index contributed by atoms with van der Waals surface area (Å²) in [4.78, 5) is 102. The lowest BCUT2D eigenvalue weighted by Gasteiger charge is -2.40. The zero-order valence-corrected chi connectivity index (χ0v) is 69.7. The third kappa shape index (κ3) is 42.1. The van der Waals surface area contributed by atoms with E-state index < -0.39 is 125 Å². The van der Waals surface area contributed by atoms with Crippen LogP contribution in [0.3, 0.4) is 0 Å². The van der Waals surface area contributed by atoms with Crippen LogP contribution in [0.15, 0.2) is 0 Å². The molecule has 4 heterocycles. The summed E-state index contributed by atoms with van der Waals surface area (Å²) in [5, 5.41) is 99.2. The first-order valence-electron chi connectivity index (χ1n) is 42.5. The van der Waals surface area contributed by atoms with Crippen LogP contribution in [-0.2, 0) is 85.3 Å². The van der Waals surface area contributed by atoms with E-state index in [1.54, 1.807) is 25.7 Å². The number of unbranched alkanes of at least 4 members (excludes halogenated alkanes) is 15. The molecule has 0 saturated carbocycles. The molecule has 0 aromatic rings. The maximum Gasteiger partial charge on any atom is 0.222 e. The summed E-state index contributed by atoms with van der Waals surface area (Å²) in [6.45, 7) is 12.0. The number of ketones is 4. The first kappa shape index (κ1) is 103. The molecule has 4 fully saturated rings. The van der Waals surface area contributed by atoms with Gasteiger partial charge in [-0.15, -0.1) is 0 Å². The maximum absolute atomic E-state index is 13.2. The molecule has 18 atom stereocenters. The highest BCUT2D eigenvalue weighted by Gasteiger charge is 2.45. The van der Waals surface area contributed by atoms with Crippen molar-refractivity contribution in [3.05, 3.63) is 6.66 Å². The van der Waals surface area contributed by atoms with Crippen molar-refractivity contribution >= 4 is 48.5 Å². The van der Waals surface area contributed by atoms with Crippen LogP contribution in [0.2, 0.25) is 0 Å². The minimum atomic E-state index is -3.90. The van der Waals surface area contributed by atoms with Gasteiger partial charge in [0, 0.05) is 128 Å².